The molecule has 0 spiro atoms. The first-order valence-electron chi connectivity index (χ1n) is 10.2. The molecule has 32 heavy (non-hydrogen) atoms. The molecule has 0 heterocycles. The average molecular weight is 444 g/mol. The van der Waals surface area contributed by atoms with Gasteiger partial charge in [0, 0.05) is 18.1 Å². The molecule has 0 fully saturated rings. The zero-order valence-electron chi connectivity index (χ0n) is 17.8. The minimum atomic E-state index is -1.09. The summed E-state index contributed by atoms with van der Waals surface area (Å²) in [5.41, 5.74) is 2.95. The number of ether oxygens (including phenoxy) is 2. The second-order valence-electron chi connectivity index (χ2n) is 7.13. The fraction of sp³-hybridized carbons (Fsp3) is 0.348. The normalized spacial score (nSPS) is 12.6. The van der Waals surface area contributed by atoms with Gasteiger partial charge in [-0.15, -0.1) is 0 Å². The van der Waals surface area contributed by atoms with Gasteiger partial charge in [0.2, 0.25) is 5.91 Å². The van der Waals surface area contributed by atoms with Crippen molar-refractivity contribution < 1.29 is 34.2 Å². The van der Waals surface area contributed by atoms with Crippen LogP contribution in [0.15, 0.2) is 54.6 Å². The maximum absolute atomic E-state index is 12.7. The Morgan fingerprint density at radius 1 is 0.969 bits per heavy atom. The Hall–Kier alpha value is -3.27. The Morgan fingerprint density at radius 2 is 1.62 bits per heavy atom. The average Bonchev–Trinajstić information content (AvgIpc) is 2.81. The summed E-state index contributed by atoms with van der Waals surface area (Å²) in [6.45, 7) is 2.41. The third-order valence-corrected chi connectivity index (χ3v) is 4.79. The number of carbonyl (C=O) groups is 3. The molecule has 9 heteroatoms. The van der Waals surface area contributed by atoms with Gasteiger partial charge in [-0.3, -0.25) is 14.8 Å². The van der Waals surface area contributed by atoms with Crippen LogP contribution in [0.2, 0.25) is 0 Å². The summed E-state index contributed by atoms with van der Waals surface area (Å²) in [7, 11) is 0. The topological polar surface area (TPSA) is 134 Å². The maximum atomic E-state index is 12.7. The fourth-order valence-corrected chi connectivity index (χ4v) is 3.15. The van der Waals surface area contributed by atoms with Gasteiger partial charge in [-0.05, 0) is 49.6 Å². The first-order chi connectivity index (χ1) is 15.4. The van der Waals surface area contributed by atoms with Crippen molar-refractivity contribution in [2.75, 3.05) is 20.0 Å². The van der Waals surface area contributed by atoms with Gasteiger partial charge in [0.15, 0.2) is 0 Å². The van der Waals surface area contributed by atoms with Gasteiger partial charge >= 0.3 is 5.97 Å². The summed E-state index contributed by atoms with van der Waals surface area (Å²) < 4.78 is 10.6. The molecule has 4 N–H and O–H groups in total. The van der Waals surface area contributed by atoms with Gasteiger partial charge in [-0.25, -0.2) is 10.3 Å². The molecule has 172 valence electrons. The number of nitrogens with one attached hydrogen (secondary N) is 2. The molecule has 0 aromatic heterocycles. The summed E-state index contributed by atoms with van der Waals surface area (Å²) in [5.74, 6) is -2.71. The number of aromatic carboxylic acids is 1. The summed E-state index contributed by atoms with van der Waals surface area (Å²) in [5, 5.41) is 21.0. The van der Waals surface area contributed by atoms with E-state index in [4.69, 9.17) is 14.6 Å². The minimum absolute atomic E-state index is 0.0335. The molecule has 0 radical (unpaired) electrons. The molecule has 9 nitrogen and oxygen atoms in total. The number of carboxylic acids is 1. The molecular formula is C23H28N2O7. The Morgan fingerprint density at radius 3 is 2.22 bits per heavy atom. The number of benzene rings is 2. The van der Waals surface area contributed by atoms with Crippen LogP contribution in [-0.2, 0) is 20.7 Å². The zero-order chi connectivity index (χ0) is 23.3. The molecule has 2 aromatic carbocycles. The summed E-state index contributed by atoms with van der Waals surface area (Å²) in [4.78, 5) is 36.0. The van der Waals surface area contributed by atoms with Crippen molar-refractivity contribution in [2.45, 2.75) is 25.8 Å². The largest absolute Gasteiger partial charge is 0.478 e. The Labute approximate surface area is 186 Å². The quantitative estimate of drug-likeness (QED) is 0.161. The lowest BCUT2D eigenvalue weighted by Gasteiger charge is -2.24. The van der Waals surface area contributed by atoms with E-state index in [9.17, 15) is 19.6 Å². The molecule has 2 unspecified atom stereocenters. The third kappa shape index (κ3) is 8.10. The van der Waals surface area contributed by atoms with E-state index in [1.807, 2.05) is 37.3 Å². The van der Waals surface area contributed by atoms with Gasteiger partial charge in [0.05, 0.1) is 18.2 Å². The molecule has 0 aliphatic rings. The standard InChI is InChI=1S/C23H28N2O7/c1-2-31-15-32-14-20(24-21(26)17-8-10-18(11-9-17)23(28)29)13-19(22(27)25-30)12-16-6-4-3-5-7-16/h3-11,19-20,30H,2,12-15H2,1H3,(H,24,26)(H,25,27)(H,28,29). The first kappa shape index (κ1) is 25.0. The molecule has 0 saturated carbocycles. The number of hydrogen-bond acceptors (Lipinski definition) is 6. The van der Waals surface area contributed by atoms with Crippen LogP contribution in [0, 0.1) is 5.92 Å². The van der Waals surface area contributed by atoms with Crippen LogP contribution in [0.5, 0.6) is 0 Å². The zero-order valence-corrected chi connectivity index (χ0v) is 17.8. The van der Waals surface area contributed by atoms with Crippen molar-refractivity contribution in [3.05, 3.63) is 71.3 Å². The van der Waals surface area contributed by atoms with Crippen molar-refractivity contribution in [1.29, 1.82) is 0 Å². The van der Waals surface area contributed by atoms with Crippen LogP contribution in [0.1, 0.15) is 39.6 Å². The summed E-state index contributed by atoms with van der Waals surface area (Å²) in [6.07, 6.45) is 0.560. The van der Waals surface area contributed by atoms with Crippen LogP contribution in [0.4, 0.5) is 0 Å². The van der Waals surface area contributed by atoms with Gasteiger partial charge in [-0.1, -0.05) is 30.3 Å². The Balaban J connectivity index is 2.12. The van der Waals surface area contributed by atoms with E-state index >= 15 is 0 Å². The molecular weight excluding hydrogens is 416 g/mol. The molecule has 0 aliphatic carbocycles. The highest BCUT2D eigenvalue weighted by atomic mass is 16.7. The smallest absolute Gasteiger partial charge is 0.335 e. The van der Waals surface area contributed by atoms with Crippen LogP contribution >= 0.6 is 0 Å². The lowest BCUT2D eigenvalue weighted by atomic mass is 9.92. The minimum Gasteiger partial charge on any atom is -0.478 e. The van der Waals surface area contributed by atoms with Gasteiger partial charge in [-0.2, -0.15) is 0 Å². The second kappa shape index (κ2) is 13.2. The highest BCUT2D eigenvalue weighted by Gasteiger charge is 2.25. The predicted octanol–water partition coefficient (Wildman–Crippen LogP) is 2.25. The monoisotopic (exact) mass is 444 g/mol. The van der Waals surface area contributed by atoms with Crippen LogP contribution in [0.3, 0.4) is 0 Å². The van der Waals surface area contributed by atoms with Crippen molar-refractivity contribution in [3.63, 3.8) is 0 Å². The van der Waals surface area contributed by atoms with E-state index < -0.39 is 29.7 Å². The Kier molecular flexibility index (Phi) is 10.3. The molecule has 2 atom stereocenters. The van der Waals surface area contributed by atoms with E-state index in [1.54, 1.807) is 5.48 Å². The molecule has 2 rings (SSSR count). The van der Waals surface area contributed by atoms with E-state index in [2.05, 4.69) is 5.32 Å². The van der Waals surface area contributed by atoms with E-state index in [1.165, 1.54) is 24.3 Å². The van der Waals surface area contributed by atoms with E-state index in [0.29, 0.717) is 13.0 Å². The lowest BCUT2D eigenvalue weighted by molar-refractivity contribution is -0.134. The van der Waals surface area contributed by atoms with Gasteiger partial charge in [0.25, 0.3) is 5.91 Å². The first-order valence-corrected chi connectivity index (χ1v) is 10.2. The third-order valence-electron chi connectivity index (χ3n) is 4.79. The second-order valence-corrected chi connectivity index (χ2v) is 7.13. The predicted molar refractivity (Wildman–Crippen MR) is 115 cm³/mol. The number of hydrogen-bond donors (Lipinski definition) is 4. The summed E-state index contributed by atoms with van der Waals surface area (Å²) in [6, 6.07) is 14.3. The van der Waals surface area contributed by atoms with E-state index in [0.717, 1.165) is 5.56 Å². The molecule has 2 amide bonds. The lowest BCUT2D eigenvalue weighted by Crippen LogP contribution is -2.42. The van der Waals surface area contributed by atoms with Crippen molar-refractivity contribution in [2.24, 2.45) is 5.92 Å². The fourth-order valence-electron chi connectivity index (χ4n) is 3.15. The number of rotatable bonds is 13. The van der Waals surface area contributed by atoms with Crippen molar-refractivity contribution in [3.8, 4) is 0 Å². The summed E-state index contributed by atoms with van der Waals surface area (Å²) >= 11 is 0. The highest BCUT2D eigenvalue weighted by Crippen LogP contribution is 2.16. The SMILES string of the molecule is CCOCOCC(CC(Cc1ccccc1)C(=O)NO)NC(=O)c1ccc(C(=O)O)cc1. The molecule has 2 aromatic rings. The number of hydroxylamine groups is 1. The number of carbonyl (C=O) groups excluding carboxylic acids is 2. The van der Waals surface area contributed by atoms with Gasteiger partial charge < -0.3 is 19.9 Å². The Bertz CT molecular complexity index is 872. The van der Waals surface area contributed by atoms with Crippen molar-refractivity contribution in [1.82, 2.24) is 10.8 Å². The van der Waals surface area contributed by atoms with Crippen molar-refractivity contribution >= 4 is 17.8 Å². The molecule has 0 aliphatic heterocycles. The highest BCUT2D eigenvalue weighted by molar-refractivity contribution is 5.96. The van der Waals surface area contributed by atoms with Gasteiger partial charge in [0.1, 0.15) is 6.79 Å². The number of amides is 2. The van der Waals surface area contributed by atoms with Crippen LogP contribution < -0.4 is 10.8 Å². The maximum Gasteiger partial charge on any atom is 0.335 e. The number of carboxylic acid groups (broad SMARTS) is 1. The molecule has 0 bridgehead atoms. The van der Waals surface area contributed by atoms with Crippen LogP contribution in [0.25, 0.3) is 0 Å². The van der Waals surface area contributed by atoms with E-state index in [-0.39, 0.29) is 30.9 Å². The van der Waals surface area contributed by atoms with Crippen LogP contribution in [-0.4, -0.2) is 54.1 Å². The molecule has 0 saturated heterocycles.